The molecule has 0 unspecified atom stereocenters. The molecule has 0 fully saturated rings. The van der Waals surface area contributed by atoms with Gasteiger partial charge >= 0.3 is 0 Å². The van der Waals surface area contributed by atoms with Gasteiger partial charge in [-0.1, -0.05) is 0 Å². The third kappa shape index (κ3) is 4.38. The molecule has 0 amide bonds. The number of H-pyrrole nitrogens is 1. The van der Waals surface area contributed by atoms with Crippen molar-refractivity contribution in [3.63, 3.8) is 0 Å². The van der Waals surface area contributed by atoms with Crippen LogP contribution in [0.1, 0.15) is 11.3 Å². The minimum absolute atomic E-state index is 0.636. The molecule has 0 bridgehead atoms. The van der Waals surface area contributed by atoms with E-state index in [0.29, 0.717) is 13.1 Å². The lowest BCUT2D eigenvalue weighted by Crippen LogP contribution is -2.38. The van der Waals surface area contributed by atoms with Gasteiger partial charge in [0.25, 0.3) is 0 Å². The van der Waals surface area contributed by atoms with Crippen molar-refractivity contribution in [2.75, 3.05) is 28.3 Å². The van der Waals surface area contributed by atoms with Gasteiger partial charge in [-0.15, -0.1) is 0 Å². The van der Waals surface area contributed by atoms with Crippen LogP contribution in [-0.4, -0.2) is 49.4 Å². The third-order valence-electron chi connectivity index (χ3n) is 3.47. The van der Waals surface area contributed by atoms with Gasteiger partial charge in [0, 0.05) is 38.5 Å². The van der Waals surface area contributed by atoms with Gasteiger partial charge in [-0.25, -0.2) is 0 Å². The van der Waals surface area contributed by atoms with E-state index in [2.05, 4.69) is 20.5 Å². The van der Waals surface area contributed by atoms with Gasteiger partial charge in [0.15, 0.2) is 5.96 Å². The fourth-order valence-corrected chi connectivity index (χ4v) is 2.26. The maximum absolute atomic E-state index is 5.44. The Morgan fingerprint density at radius 2 is 2.13 bits per heavy atom. The van der Waals surface area contributed by atoms with Crippen LogP contribution in [0.15, 0.2) is 35.5 Å². The van der Waals surface area contributed by atoms with E-state index in [1.165, 1.54) is 0 Å². The maximum Gasteiger partial charge on any atom is 0.194 e. The first-order valence-electron chi connectivity index (χ1n) is 7.29. The fourth-order valence-electron chi connectivity index (χ4n) is 2.26. The monoisotopic (exact) mass is 317 g/mol. The molecule has 2 rings (SSSR count). The summed E-state index contributed by atoms with van der Waals surface area (Å²) in [5.74, 6) is 2.35. The number of nitrogens with zero attached hydrogens (tertiary/aromatic N) is 3. The van der Waals surface area contributed by atoms with Gasteiger partial charge in [0.2, 0.25) is 0 Å². The summed E-state index contributed by atoms with van der Waals surface area (Å²) < 4.78 is 10.7. The van der Waals surface area contributed by atoms with Gasteiger partial charge in [0.05, 0.1) is 26.5 Å². The van der Waals surface area contributed by atoms with Crippen molar-refractivity contribution < 1.29 is 9.47 Å². The molecule has 124 valence electrons. The van der Waals surface area contributed by atoms with Crippen LogP contribution >= 0.6 is 0 Å². The van der Waals surface area contributed by atoms with E-state index in [4.69, 9.17) is 9.47 Å². The third-order valence-corrected chi connectivity index (χ3v) is 3.47. The number of guanidine groups is 1. The van der Waals surface area contributed by atoms with Crippen LogP contribution in [0.4, 0.5) is 0 Å². The predicted molar refractivity (Wildman–Crippen MR) is 89.8 cm³/mol. The first kappa shape index (κ1) is 16.7. The molecule has 0 saturated carbocycles. The number of benzene rings is 1. The van der Waals surface area contributed by atoms with Crippen molar-refractivity contribution >= 4 is 5.96 Å². The standard InChI is InChI=1S/C16H23N5O2/c1-17-16(18-10-13-7-8-19-20-13)21(2)11-12-5-6-14(22-3)9-15(12)23-4/h5-9H,10-11H2,1-4H3,(H,17,18)(H,19,20). The van der Waals surface area contributed by atoms with E-state index < -0.39 is 0 Å². The van der Waals surface area contributed by atoms with Crippen molar-refractivity contribution in [1.29, 1.82) is 0 Å². The van der Waals surface area contributed by atoms with E-state index in [9.17, 15) is 0 Å². The summed E-state index contributed by atoms with van der Waals surface area (Å²) in [5.41, 5.74) is 2.06. The Morgan fingerprint density at radius 1 is 1.30 bits per heavy atom. The molecule has 1 aromatic heterocycles. The average Bonchev–Trinajstić information content (AvgIpc) is 3.09. The lowest BCUT2D eigenvalue weighted by Gasteiger charge is -2.23. The molecule has 1 heterocycles. The second-order valence-electron chi connectivity index (χ2n) is 5.02. The van der Waals surface area contributed by atoms with Crippen molar-refractivity contribution in [3.8, 4) is 11.5 Å². The van der Waals surface area contributed by atoms with Crippen LogP contribution in [-0.2, 0) is 13.1 Å². The number of hydrogen-bond acceptors (Lipinski definition) is 4. The number of aliphatic imine (C=N–C) groups is 1. The van der Waals surface area contributed by atoms with E-state index in [-0.39, 0.29) is 0 Å². The van der Waals surface area contributed by atoms with E-state index in [0.717, 1.165) is 28.7 Å². The molecule has 23 heavy (non-hydrogen) atoms. The number of aromatic amines is 1. The lowest BCUT2D eigenvalue weighted by molar-refractivity contribution is 0.382. The maximum atomic E-state index is 5.44. The second-order valence-corrected chi connectivity index (χ2v) is 5.02. The molecule has 1 aromatic carbocycles. The Kier molecular flexibility index (Phi) is 5.85. The Hall–Kier alpha value is -2.70. The minimum atomic E-state index is 0.636. The summed E-state index contributed by atoms with van der Waals surface area (Å²) in [4.78, 5) is 6.33. The highest BCUT2D eigenvalue weighted by Crippen LogP contribution is 2.25. The van der Waals surface area contributed by atoms with Gasteiger partial charge < -0.3 is 19.7 Å². The Morgan fingerprint density at radius 3 is 2.74 bits per heavy atom. The normalized spacial score (nSPS) is 11.2. The topological polar surface area (TPSA) is 74.8 Å². The molecule has 0 aliphatic rings. The second kappa shape index (κ2) is 8.07. The Balaban J connectivity index is 2.02. The zero-order chi connectivity index (χ0) is 16.7. The lowest BCUT2D eigenvalue weighted by atomic mass is 10.2. The van der Waals surface area contributed by atoms with Gasteiger partial charge in [-0.05, 0) is 18.2 Å². The number of hydrogen-bond donors (Lipinski definition) is 2. The summed E-state index contributed by atoms with van der Waals surface area (Å²) in [6.45, 7) is 1.30. The number of rotatable bonds is 6. The molecule has 0 spiro atoms. The number of aromatic nitrogens is 2. The molecule has 2 aromatic rings. The molecule has 0 radical (unpaired) electrons. The van der Waals surface area contributed by atoms with Crippen molar-refractivity contribution in [2.45, 2.75) is 13.1 Å². The minimum Gasteiger partial charge on any atom is -0.497 e. The summed E-state index contributed by atoms with van der Waals surface area (Å²) >= 11 is 0. The molecule has 0 aliphatic heterocycles. The quantitative estimate of drug-likeness (QED) is 0.626. The smallest absolute Gasteiger partial charge is 0.194 e. The average molecular weight is 317 g/mol. The van der Waals surface area contributed by atoms with E-state index in [1.54, 1.807) is 27.5 Å². The summed E-state index contributed by atoms with van der Waals surface area (Å²) in [7, 11) is 7.04. The summed E-state index contributed by atoms with van der Waals surface area (Å²) in [6.07, 6.45) is 1.73. The first-order valence-corrected chi connectivity index (χ1v) is 7.29. The zero-order valence-electron chi connectivity index (χ0n) is 14.0. The van der Waals surface area contributed by atoms with Crippen molar-refractivity contribution in [1.82, 2.24) is 20.4 Å². The highest BCUT2D eigenvalue weighted by molar-refractivity contribution is 5.79. The van der Waals surface area contributed by atoms with Gasteiger partial charge in [-0.2, -0.15) is 5.10 Å². The van der Waals surface area contributed by atoms with Crippen LogP contribution in [0.25, 0.3) is 0 Å². The Labute approximate surface area is 136 Å². The number of ether oxygens (including phenoxy) is 2. The highest BCUT2D eigenvalue weighted by Gasteiger charge is 2.11. The number of methoxy groups -OCH3 is 2. The molecular weight excluding hydrogens is 294 g/mol. The fraction of sp³-hybridized carbons (Fsp3) is 0.375. The molecular formula is C16H23N5O2. The van der Waals surface area contributed by atoms with Crippen molar-refractivity contribution in [2.24, 2.45) is 4.99 Å². The van der Waals surface area contributed by atoms with Gasteiger partial charge in [0.1, 0.15) is 11.5 Å². The molecule has 7 heteroatoms. The summed E-state index contributed by atoms with van der Waals surface area (Å²) in [5, 5.41) is 10.1. The molecule has 7 nitrogen and oxygen atoms in total. The van der Waals surface area contributed by atoms with Crippen LogP contribution in [0.2, 0.25) is 0 Å². The van der Waals surface area contributed by atoms with Crippen LogP contribution in [0.3, 0.4) is 0 Å². The van der Waals surface area contributed by atoms with Gasteiger partial charge in [-0.3, -0.25) is 10.1 Å². The number of nitrogens with one attached hydrogen (secondary N) is 2. The molecule has 0 aliphatic carbocycles. The molecule has 0 atom stereocenters. The SMILES string of the molecule is CN=C(NCc1ccn[nH]1)N(C)Cc1ccc(OC)cc1OC. The molecule has 0 saturated heterocycles. The van der Waals surface area contributed by atoms with Crippen LogP contribution < -0.4 is 14.8 Å². The highest BCUT2D eigenvalue weighted by atomic mass is 16.5. The zero-order valence-corrected chi connectivity index (χ0v) is 14.0. The van der Waals surface area contributed by atoms with Crippen LogP contribution in [0, 0.1) is 0 Å². The predicted octanol–water partition coefficient (Wildman–Crippen LogP) is 1.63. The van der Waals surface area contributed by atoms with E-state index in [1.807, 2.05) is 36.2 Å². The largest absolute Gasteiger partial charge is 0.497 e. The molecule has 2 N–H and O–H groups in total. The van der Waals surface area contributed by atoms with E-state index >= 15 is 0 Å². The van der Waals surface area contributed by atoms with Crippen LogP contribution in [0.5, 0.6) is 11.5 Å². The first-order chi connectivity index (χ1) is 11.2. The summed E-state index contributed by atoms with van der Waals surface area (Å²) in [6, 6.07) is 7.72. The Bertz CT molecular complexity index is 640. The van der Waals surface area contributed by atoms with Crippen molar-refractivity contribution in [3.05, 3.63) is 41.7 Å².